The van der Waals surface area contributed by atoms with E-state index in [9.17, 15) is 23.2 Å². The van der Waals surface area contributed by atoms with Crippen molar-refractivity contribution in [2.45, 2.75) is 6.54 Å². The second-order valence-electron chi connectivity index (χ2n) is 5.33. The molecule has 3 rings (SSSR count). The molecule has 0 saturated heterocycles. The first-order valence-corrected chi connectivity index (χ1v) is 8.47. The maximum atomic E-state index is 13.5. The lowest BCUT2D eigenvalue weighted by Crippen LogP contribution is -2.35. The molecule has 1 aromatic carbocycles. The second kappa shape index (κ2) is 7.92. The summed E-state index contributed by atoms with van der Waals surface area (Å²) in [5.74, 6) is -3.96. The number of halogens is 2. The van der Waals surface area contributed by atoms with Crippen LogP contribution < -0.4 is 10.6 Å². The minimum atomic E-state index is -1.09. The number of hydrogen-bond acceptors (Lipinski definition) is 5. The molecule has 0 unspecified atom stereocenters. The molecular weight excluding hydrogens is 378 g/mol. The third-order valence-electron chi connectivity index (χ3n) is 3.44. The molecule has 27 heavy (non-hydrogen) atoms. The molecule has 2 heterocycles. The topological polar surface area (TPSA) is 88.4 Å². The molecular formula is C18H12F2N2O4S. The molecule has 3 aromatic rings. The number of carbonyl (C=O) groups excluding carboxylic acids is 3. The summed E-state index contributed by atoms with van der Waals surface area (Å²) < 4.78 is 31.4. The number of amides is 2. The number of ketones is 1. The predicted molar refractivity (Wildman–Crippen MR) is 93.3 cm³/mol. The highest BCUT2D eigenvalue weighted by Crippen LogP contribution is 2.20. The van der Waals surface area contributed by atoms with E-state index in [0.29, 0.717) is 15.8 Å². The molecule has 138 valence electrons. The summed E-state index contributed by atoms with van der Waals surface area (Å²) in [4.78, 5) is 36.8. The molecule has 6 nitrogen and oxygen atoms in total. The molecule has 2 amide bonds. The number of anilines is 1. The van der Waals surface area contributed by atoms with Gasteiger partial charge in [-0.1, -0.05) is 0 Å². The third kappa shape index (κ3) is 4.45. The van der Waals surface area contributed by atoms with Crippen LogP contribution >= 0.6 is 11.3 Å². The summed E-state index contributed by atoms with van der Waals surface area (Å²) in [6.07, 6.45) is 1.39. The number of thiophene rings is 1. The van der Waals surface area contributed by atoms with E-state index in [1.807, 2.05) is 0 Å². The Balaban J connectivity index is 1.56. The van der Waals surface area contributed by atoms with Gasteiger partial charge < -0.3 is 15.1 Å². The number of rotatable bonds is 5. The average Bonchev–Trinajstić information content (AvgIpc) is 3.33. The van der Waals surface area contributed by atoms with Crippen molar-refractivity contribution in [3.63, 3.8) is 0 Å². The van der Waals surface area contributed by atoms with Gasteiger partial charge >= 0.3 is 11.8 Å². The number of hydrogen-bond donors (Lipinski definition) is 2. The zero-order valence-corrected chi connectivity index (χ0v) is 14.4. The summed E-state index contributed by atoms with van der Waals surface area (Å²) in [6, 6.07) is 8.94. The highest BCUT2D eigenvalue weighted by molar-refractivity contribution is 7.14. The fourth-order valence-corrected chi connectivity index (χ4v) is 3.03. The van der Waals surface area contributed by atoms with Crippen molar-refractivity contribution >= 4 is 34.6 Å². The van der Waals surface area contributed by atoms with Crippen molar-refractivity contribution in [1.29, 1.82) is 0 Å². The maximum absolute atomic E-state index is 13.5. The van der Waals surface area contributed by atoms with Crippen LogP contribution in [0.4, 0.5) is 14.5 Å². The van der Waals surface area contributed by atoms with Gasteiger partial charge in [-0.05, 0) is 36.4 Å². The van der Waals surface area contributed by atoms with E-state index in [-0.39, 0.29) is 23.8 Å². The number of benzene rings is 1. The lowest BCUT2D eigenvalue weighted by atomic mass is 10.2. The van der Waals surface area contributed by atoms with Gasteiger partial charge in [-0.25, -0.2) is 8.78 Å². The smallest absolute Gasteiger partial charge is 0.313 e. The van der Waals surface area contributed by atoms with Crippen molar-refractivity contribution in [2.24, 2.45) is 0 Å². The van der Waals surface area contributed by atoms with E-state index < -0.39 is 23.4 Å². The van der Waals surface area contributed by atoms with Gasteiger partial charge in [0.2, 0.25) is 5.78 Å². The number of nitrogens with one attached hydrogen (secondary N) is 2. The fourth-order valence-electron chi connectivity index (χ4n) is 2.14. The Labute approximate surface area is 155 Å². The summed E-state index contributed by atoms with van der Waals surface area (Å²) >= 11 is 1.14. The Hall–Kier alpha value is -3.33. The lowest BCUT2D eigenvalue weighted by Gasteiger charge is -2.06. The van der Waals surface area contributed by atoms with E-state index in [4.69, 9.17) is 4.42 Å². The van der Waals surface area contributed by atoms with Crippen molar-refractivity contribution in [3.8, 4) is 0 Å². The Morgan fingerprint density at radius 1 is 1.04 bits per heavy atom. The van der Waals surface area contributed by atoms with E-state index in [1.54, 1.807) is 24.3 Å². The van der Waals surface area contributed by atoms with Crippen LogP contribution in [0.25, 0.3) is 0 Å². The molecule has 0 aliphatic heterocycles. The van der Waals surface area contributed by atoms with Crippen LogP contribution in [0.1, 0.15) is 20.3 Å². The van der Waals surface area contributed by atoms with Crippen LogP contribution in [-0.4, -0.2) is 17.6 Å². The van der Waals surface area contributed by atoms with E-state index in [2.05, 4.69) is 10.6 Å². The molecule has 2 aromatic heterocycles. The first-order chi connectivity index (χ1) is 12.9. The third-order valence-corrected chi connectivity index (χ3v) is 4.52. The predicted octanol–water partition coefficient (Wildman–Crippen LogP) is 3.11. The molecule has 0 atom stereocenters. The van der Waals surface area contributed by atoms with Crippen LogP contribution in [0.3, 0.4) is 0 Å². The summed E-state index contributed by atoms with van der Waals surface area (Å²) in [6.45, 7) is 0.00819. The highest BCUT2D eigenvalue weighted by atomic mass is 32.1. The van der Waals surface area contributed by atoms with Crippen LogP contribution in [0.2, 0.25) is 0 Å². The number of furan rings is 1. The van der Waals surface area contributed by atoms with Gasteiger partial charge in [0.05, 0.1) is 23.4 Å². The zero-order valence-electron chi connectivity index (χ0n) is 13.6. The Morgan fingerprint density at radius 2 is 1.85 bits per heavy atom. The molecule has 0 radical (unpaired) electrons. The summed E-state index contributed by atoms with van der Waals surface area (Å²) in [7, 11) is 0. The van der Waals surface area contributed by atoms with Gasteiger partial charge in [-0.3, -0.25) is 14.4 Å². The fraction of sp³-hybridized carbons (Fsp3) is 0.0556. The van der Waals surface area contributed by atoms with Crippen LogP contribution in [-0.2, 0) is 16.1 Å². The molecule has 0 aliphatic carbocycles. The monoisotopic (exact) mass is 390 g/mol. The number of carbonyl (C=O) groups is 3. The SMILES string of the molecule is O=C(NCc1ccc(C(=O)c2ccco2)s1)C(=O)Nc1ccc(F)cc1F. The van der Waals surface area contributed by atoms with Crippen molar-refractivity contribution in [1.82, 2.24) is 5.32 Å². The van der Waals surface area contributed by atoms with E-state index in [0.717, 1.165) is 23.5 Å². The minimum Gasteiger partial charge on any atom is -0.461 e. The molecule has 0 saturated carbocycles. The molecule has 0 spiro atoms. The second-order valence-corrected chi connectivity index (χ2v) is 6.50. The first-order valence-electron chi connectivity index (χ1n) is 7.65. The average molecular weight is 390 g/mol. The van der Waals surface area contributed by atoms with Gasteiger partial charge in [0, 0.05) is 10.9 Å². The Morgan fingerprint density at radius 3 is 2.56 bits per heavy atom. The van der Waals surface area contributed by atoms with E-state index >= 15 is 0 Å². The van der Waals surface area contributed by atoms with Gasteiger partial charge in [0.1, 0.15) is 11.6 Å². The van der Waals surface area contributed by atoms with Gasteiger partial charge in [-0.15, -0.1) is 11.3 Å². The summed E-state index contributed by atoms with van der Waals surface area (Å²) in [5, 5.41) is 4.42. The van der Waals surface area contributed by atoms with Crippen molar-refractivity contribution in [2.75, 3.05) is 5.32 Å². The highest BCUT2D eigenvalue weighted by Gasteiger charge is 2.17. The van der Waals surface area contributed by atoms with E-state index in [1.165, 1.54) is 6.26 Å². The Kier molecular flexibility index (Phi) is 5.41. The quantitative estimate of drug-likeness (QED) is 0.518. The molecule has 0 aliphatic rings. The van der Waals surface area contributed by atoms with Gasteiger partial charge in [-0.2, -0.15) is 0 Å². The maximum Gasteiger partial charge on any atom is 0.313 e. The minimum absolute atomic E-state index is 0.00819. The normalized spacial score (nSPS) is 10.4. The first kappa shape index (κ1) is 18.5. The largest absolute Gasteiger partial charge is 0.461 e. The lowest BCUT2D eigenvalue weighted by molar-refractivity contribution is -0.136. The molecule has 0 fully saturated rings. The molecule has 9 heteroatoms. The standard InChI is InChI=1S/C18H12F2N2O4S/c19-10-3-5-13(12(20)8-10)22-18(25)17(24)21-9-11-4-6-15(27-11)16(23)14-2-1-7-26-14/h1-8H,9H2,(H,21,24)(H,22,25). The zero-order chi connectivity index (χ0) is 19.4. The Bertz CT molecular complexity index is 999. The summed E-state index contributed by atoms with van der Waals surface area (Å²) in [5.41, 5.74) is -0.306. The van der Waals surface area contributed by atoms with Crippen LogP contribution in [0, 0.1) is 11.6 Å². The molecule has 0 bridgehead atoms. The van der Waals surface area contributed by atoms with Crippen LogP contribution in [0.5, 0.6) is 0 Å². The van der Waals surface area contributed by atoms with Gasteiger partial charge in [0.15, 0.2) is 5.76 Å². The van der Waals surface area contributed by atoms with Crippen molar-refractivity contribution < 1.29 is 27.6 Å². The molecule has 2 N–H and O–H groups in total. The van der Waals surface area contributed by atoms with Crippen LogP contribution in [0.15, 0.2) is 53.1 Å². The van der Waals surface area contributed by atoms with Gasteiger partial charge in [0.25, 0.3) is 0 Å². The van der Waals surface area contributed by atoms with Crippen molar-refractivity contribution in [3.05, 3.63) is 75.9 Å².